The van der Waals surface area contributed by atoms with E-state index in [0.717, 1.165) is 24.9 Å². The standard InChI is InChI=1S/C20H29N3O2/c1-21-19(23(2)12-14-24-15-7-4-3-5-8-15)22-17-16-9-13-25-18(16)20(17)10-6-11-20/h3-5,7-8,16-18H,6,9-14H2,1-2H3,(H,21,22). The van der Waals surface area contributed by atoms with Gasteiger partial charge in [-0.05, 0) is 31.4 Å². The van der Waals surface area contributed by atoms with Gasteiger partial charge in [-0.2, -0.15) is 0 Å². The summed E-state index contributed by atoms with van der Waals surface area (Å²) in [7, 11) is 3.95. The van der Waals surface area contributed by atoms with Crippen LogP contribution >= 0.6 is 0 Å². The SMILES string of the molecule is CN=C(NC1C2CCOC2C12CCC2)N(C)CCOc1ccccc1. The fourth-order valence-electron chi connectivity index (χ4n) is 4.86. The molecule has 1 aliphatic heterocycles. The molecular formula is C20H29N3O2. The number of hydrogen-bond acceptors (Lipinski definition) is 3. The third kappa shape index (κ3) is 2.88. The van der Waals surface area contributed by atoms with E-state index in [2.05, 4.69) is 22.3 Å². The van der Waals surface area contributed by atoms with E-state index in [0.29, 0.717) is 30.1 Å². The molecule has 1 aromatic carbocycles. The molecule has 1 spiro atoms. The van der Waals surface area contributed by atoms with E-state index in [9.17, 15) is 0 Å². The summed E-state index contributed by atoms with van der Waals surface area (Å²) in [5.41, 5.74) is 0.373. The topological polar surface area (TPSA) is 46.1 Å². The first kappa shape index (κ1) is 16.7. The molecule has 1 aromatic rings. The summed E-state index contributed by atoms with van der Waals surface area (Å²) in [6, 6.07) is 10.5. The van der Waals surface area contributed by atoms with Crippen LogP contribution < -0.4 is 10.1 Å². The third-order valence-electron chi connectivity index (χ3n) is 6.33. The van der Waals surface area contributed by atoms with Crippen LogP contribution in [-0.4, -0.2) is 56.9 Å². The zero-order chi connectivity index (χ0) is 17.3. The molecule has 0 bridgehead atoms. The molecule has 0 aromatic heterocycles. The molecule has 3 atom stereocenters. The quantitative estimate of drug-likeness (QED) is 0.659. The molecule has 2 aliphatic carbocycles. The summed E-state index contributed by atoms with van der Waals surface area (Å²) in [6.07, 6.45) is 5.60. The maximum Gasteiger partial charge on any atom is 0.193 e. The molecule has 136 valence electrons. The van der Waals surface area contributed by atoms with Crippen LogP contribution in [0.2, 0.25) is 0 Å². The van der Waals surface area contributed by atoms with Gasteiger partial charge in [0.1, 0.15) is 12.4 Å². The number of aliphatic imine (C=N–C) groups is 1. The van der Waals surface area contributed by atoms with Gasteiger partial charge in [0.15, 0.2) is 5.96 Å². The van der Waals surface area contributed by atoms with Crippen LogP contribution in [0.25, 0.3) is 0 Å². The summed E-state index contributed by atoms with van der Waals surface area (Å²) in [5.74, 6) is 2.54. The lowest BCUT2D eigenvalue weighted by Crippen LogP contribution is -2.72. The van der Waals surface area contributed by atoms with Gasteiger partial charge in [-0.3, -0.25) is 4.99 Å². The molecule has 4 rings (SSSR count). The normalized spacial score (nSPS) is 29.5. The Hall–Kier alpha value is -1.75. The number of nitrogens with one attached hydrogen (secondary N) is 1. The Morgan fingerprint density at radius 2 is 2.16 bits per heavy atom. The molecule has 5 nitrogen and oxygen atoms in total. The fraction of sp³-hybridized carbons (Fsp3) is 0.650. The van der Waals surface area contributed by atoms with Crippen molar-refractivity contribution in [3.8, 4) is 5.75 Å². The van der Waals surface area contributed by atoms with Gasteiger partial charge in [0.25, 0.3) is 0 Å². The molecular weight excluding hydrogens is 314 g/mol. The van der Waals surface area contributed by atoms with Gasteiger partial charge in [0.05, 0.1) is 12.6 Å². The Bertz CT molecular complexity index is 615. The molecule has 0 radical (unpaired) electrons. The Labute approximate surface area is 150 Å². The van der Waals surface area contributed by atoms with Crippen molar-refractivity contribution >= 4 is 5.96 Å². The van der Waals surface area contributed by atoms with Crippen molar-refractivity contribution in [2.24, 2.45) is 16.3 Å². The number of likely N-dealkylation sites (N-methyl/N-ethyl adjacent to an activating group) is 1. The van der Waals surface area contributed by atoms with Gasteiger partial charge in [0, 0.05) is 38.1 Å². The van der Waals surface area contributed by atoms with Crippen LogP contribution in [0, 0.1) is 11.3 Å². The second-order valence-electron chi connectivity index (χ2n) is 7.58. The van der Waals surface area contributed by atoms with Crippen LogP contribution in [0.1, 0.15) is 25.7 Å². The summed E-state index contributed by atoms with van der Waals surface area (Å²) in [4.78, 5) is 6.67. The van der Waals surface area contributed by atoms with Crippen molar-refractivity contribution in [3.63, 3.8) is 0 Å². The number of rotatable bonds is 5. The van der Waals surface area contributed by atoms with E-state index in [-0.39, 0.29) is 0 Å². The molecule has 25 heavy (non-hydrogen) atoms. The van der Waals surface area contributed by atoms with Gasteiger partial charge in [0.2, 0.25) is 0 Å². The predicted molar refractivity (Wildman–Crippen MR) is 99.0 cm³/mol. The molecule has 1 saturated heterocycles. The first-order valence-corrected chi connectivity index (χ1v) is 9.48. The number of fused-ring (bicyclic) bond motifs is 2. The first-order chi connectivity index (χ1) is 12.2. The van der Waals surface area contributed by atoms with Gasteiger partial charge in [-0.1, -0.05) is 24.6 Å². The van der Waals surface area contributed by atoms with Crippen LogP contribution in [0.15, 0.2) is 35.3 Å². The molecule has 3 fully saturated rings. The molecule has 0 amide bonds. The molecule has 1 N–H and O–H groups in total. The summed E-state index contributed by atoms with van der Waals surface area (Å²) in [6.45, 7) is 2.37. The highest BCUT2D eigenvalue weighted by molar-refractivity contribution is 5.80. The van der Waals surface area contributed by atoms with Gasteiger partial charge >= 0.3 is 0 Å². The zero-order valence-corrected chi connectivity index (χ0v) is 15.3. The van der Waals surface area contributed by atoms with Crippen molar-refractivity contribution in [2.75, 3.05) is 33.9 Å². The molecule has 3 unspecified atom stereocenters. The lowest BCUT2D eigenvalue weighted by Gasteiger charge is -2.63. The summed E-state index contributed by atoms with van der Waals surface area (Å²) in [5, 5.41) is 3.76. The minimum atomic E-state index is 0.373. The third-order valence-corrected chi connectivity index (χ3v) is 6.33. The van der Waals surface area contributed by atoms with E-state index in [1.54, 1.807) is 0 Å². The summed E-state index contributed by atoms with van der Waals surface area (Å²) < 4.78 is 11.8. The highest BCUT2D eigenvalue weighted by Crippen LogP contribution is 2.62. The Morgan fingerprint density at radius 3 is 2.84 bits per heavy atom. The number of guanidine groups is 1. The summed E-state index contributed by atoms with van der Waals surface area (Å²) >= 11 is 0. The number of ether oxygens (including phenoxy) is 2. The number of nitrogens with zero attached hydrogens (tertiary/aromatic N) is 2. The van der Waals surface area contributed by atoms with E-state index in [4.69, 9.17) is 9.47 Å². The van der Waals surface area contributed by atoms with Crippen molar-refractivity contribution in [1.29, 1.82) is 0 Å². The van der Waals surface area contributed by atoms with E-state index < -0.39 is 0 Å². The van der Waals surface area contributed by atoms with E-state index >= 15 is 0 Å². The first-order valence-electron chi connectivity index (χ1n) is 9.48. The molecule has 5 heteroatoms. The Morgan fingerprint density at radius 1 is 1.36 bits per heavy atom. The Balaban J connectivity index is 1.31. The maximum atomic E-state index is 6.02. The second-order valence-corrected chi connectivity index (χ2v) is 7.58. The van der Waals surface area contributed by atoms with Gasteiger partial charge in [-0.15, -0.1) is 0 Å². The van der Waals surface area contributed by atoms with Gasteiger partial charge < -0.3 is 19.7 Å². The zero-order valence-electron chi connectivity index (χ0n) is 15.3. The molecule has 3 aliphatic rings. The average Bonchev–Trinajstić information content (AvgIpc) is 3.00. The second kappa shape index (κ2) is 6.87. The smallest absolute Gasteiger partial charge is 0.193 e. The van der Waals surface area contributed by atoms with E-state index in [1.807, 2.05) is 37.4 Å². The highest BCUT2D eigenvalue weighted by atomic mass is 16.5. The monoisotopic (exact) mass is 343 g/mol. The van der Waals surface area contributed by atoms with E-state index in [1.165, 1.54) is 25.7 Å². The van der Waals surface area contributed by atoms with Crippen molar-refractivity contribution < 1.29 is 9.47 Å². The number of para-hydroxylation sites is 1. The van der Waals surface area contributed by atoms with Crippen LogP contribution in [-0.2, 0) is 4.74 Å². The number of hydrogen-bond donors (Lipinski definition) is 1. The van der Waals surface area contributed by atoms with Crippen LogP contribution in [0.4, 0.5) is 0 Å². The predicted octanol–water partition coefficient (Wildman–Crippen LogP) is 2.53. The lowest BCUT2D eigenvalue weighted by molar-refractivity contribution is -0.171. The van der Waals surface area contributed by atoms with Crippen molar-refractivity contribution in [2.45, 2.75) is 37.8 Å². The number of benzene rings is 1. The Kier molecular flexibility index (Phi) is 4.59. The maximum absolute atomic E-state index is 6.02. The van der Waals surface area contributed by atoms with Gasteiger partial charge in [-0.25, -0.2) is 0 Å². The average molecular weight is 343 g/mol. The molecule has 1 heterocycles. The highest BCUT2D eigenvalue weighted by Gasteiger charge is 2.66. The van der Waals surface area contributed by atoms with Crippen LogP contribution in [0.5, 0.6) is 5.75 Å². The van der Waals surface area contributed by atoms with Crippen LogP contribution in [0.3, 0.4) is 0 Å². The molecule has 2 saturated carbocycles. The fourth-order valence-corrected chi connectivity index (χ4v) is 4.86. The minimum absolute atomic E-state index is 0.373. The minimum Gasteiger partial charge on any atom is -0.492 e. The van der Waals surface area contributed by atoms with Crippen molar-refractivity contribution in [3.05, 3.63) is 30.3 Å². The largest absolute Gasteiger partial charge is 0.492 e. The van der Waals surface area contributed by atoms with Crippen molar-refractivity contribution in [1.82, 2.24) is 10.2 Å². The lowest BCUT2D eigenvalue weighted by atomic mass is 9.46.